The number of thioether (sulfide) groups is 1. The minimum Gasteiger partial charge on any atom is -0.394 e. The molecular weight excluding hydrogens is 406 g/mol. The summed E-state index contributed by atoms with van der Waals surface area (Å²) in [6.07, 6.45) is 1.69. The highest BCUT2D eigenvalue weighted by atomic mass is 32.2. The van der Waals surface area contributed by atoms with Crippen LogP contribution in [-0.2, 0) is 17.6 Å². The van der Waals surface area contributed by atoms with Crippen molar-refractivity contribution in [2.24, 2.45) is 0 Å². The van der Waals surface area contributed by atoms with Gasteiger partial charge in [-0.15, -0.1) is 0 Å². The van der Waals surface area contributed by atoms with Gasteiger partial charge < -0.3 is 25.2 Å². The maximum absolute atomic E-state index is 10.4. The fourth-order valence-corrected chi connectivity index (χ4v) is 5.17. The van der Waals surface area contributed by atoms with Gasteiger partial charge in [-0.05, 0) is 48.9 Å². The Hall–Kier alpha value is -2.06. The second-order valence-corrected chi connectivity index (χ2v) is 8.55. The summed E-state index contributed by atoms with van der Waals surface area (Å²) < 4.78 is 5.62. The van der Waals surface area contributed by atoms with Crippen molar-refractivity contribution >= 4 is 11.8 Å². The maximum atomic E-state index is 10.4. The zero-order valence-electron chi connectivity index (χ0n) is 16.2. The summed E-state index contributed by atoms with van der Waals surface area (Å²) in [4.78, 5) is 8.79. The van der Waals surface area contributed by atoms with Crippen molar-refractivity contribution in [3.05, 3.63) is 41.3 Å². The molecule has 158 valence electrons. The first-order valence-corrected chi connectivity index (χ1v) is 10.8. The number of fused-ring (bicyclic) bond motifs is 1. The summed E-state index contributed by atoms with van der Waals surface area (Å²) >= 11 is 1.03. The normalized spacial score (nSPS) is 28.6. The average molecular weight is 429 g/mol. The Bertz CT molecular complexity index is 950. The summed E-state index contributed by atoms with van der Waals surface area (Å²) in [5.41, 5.74) is 3.05. The molecule has 3 heterocycles. The molecule has 0 bridgehead atoms. The molecule has 0 unspecified atom stereocenters. The van der Waals surface area contributed by atoms with Crippen LogP contribution in [-0.4, -0.2) is 66.9 Å². The molecule has 5 atom stereocenters. The lowest BCUT2D eigenvalue weighted by molar-refractivity contribution is -0.205. The molecule has 0 amide bonds. The molecule has 2 aromatic rings. The SMILES string of the molecule is N#Cc1c(S[C@@H]2O[C@H](CO)[C@@H](O)[C@H](O)[C@H]2O)nc2c(c1-c1ccncc1)CCCC2. The second kappa shape index (κ2) is 8.98. The zero-order chi connectivity index (χ0) is 21.3. The smallest absolute Gasteiger partial charge is 0.138 e. The molecule has 0 aromatic carbocycles. The molecule has 2 aliphatic rings. The van der Waals surface area contributed by atoms with Gasteiger partial charge in [-0.2, -0.15) is 5.26 Å². The fourth-order valence-electron chi connectivity index (χ4n) is 4.02. The van der Waals surface area contributed by atoms with E-state index in [0.717, 1.165) is 59.8 Å². The van der Waals surface area contributed by atoms with Gasteiger partial charge >= 0.3 is 0 Å². The lowest BCUT2D eigenvalue weighted by Crippen LogP contribution is -2.57. The molecule has 1 aliphatic heterocycles. The van der Waals surface area contributed by atoms with Crippen molar-refractivity contribution in [2.45, 2.75) is 60.6 Å². The van der Waals surface area contributed by atoms with Crippen molar-refractivity contribution in [3.63, 3.8) is 0 Å². The van der Waals surface area contributed by atoms with Crippen LogP contribution < -0.4 is 0 Å². The third-order valence-corrected chi connectivity index (χ3v) is 6.74. The van der Waals surface area contributed by atoms with Crippen LogP contribution in [0.3, 0.4) is 0 Å². The van der Waals surface area contributed by atoms with Crippen LogP contribution in [0.25, 0.3) is 11.1 Å². The van der Waals surface area contributed by atoms with Crippen molar-refractivity contribution in [3.8, 4) is 17.2 Å². The molecular formula is C21H23N3O5S. The van der Waals surface area contributed by atoms with Crippen LogP contribution >= 0.6 is 11.8 Å². The van der Waals surface area contributed by atoms with Gasteiger partial charge in [0.05, 0.1) is 12.2 Å². The Morgan fingerprint density at radius 3 is 2.53 bits per heavy atom. The first-order chi connectivity index (χ1) is 14.5. The first-order valence-electron chi connectivity index (χ1n) is 9.88. The number of aliphatic hydroxyl groups excluding tert-OH is 4. The summed E-state index contributed by atoms with van der Waals surface area (Å²) in [5.74, 6) is 0. The van der Waals surface area contributed by atoms with Crippen LogP contribution in [0.1, 0.15) is 29.7 Å². The Morgan fingerprint density at radius 1 is 1.10 bits per heavy atom. The van der Waals surface area contributed by atoms with E-state index < -0.39 is 36.5 Å². The summed E-state index contributed by atoms with van der Waals surface area (Å²) in [7, 11) is 0. The zero-order valence-corrected chi connectivity index (χ0v) is 17.0. The van der Waals surface area contributed by atoms with E-state index in [0.29, 0.717) is 10.6 Å². The summed E-state index contributed by atoms with van der Waals surface area (Å²) in [6.45, 7) is -0.507. The number of hydrogen-bond donors (Lipinski definition) is 4. The second-order valence-electron chi connectivity index (χ2n) is 7.46. The monoisotopic (exact) mass is 429 g/mol. The predicted octanol–water partition coefficient (Wildman–Crippen LogP) is 0.786. The van der Waals surface area contributed by atoms with Gasteiger partial charge in [-0.25, -0.2) is 4.98 Å². The van der Waals surface area contributed by atoms with Crippen LogP contribution in [0.5, 0.6) is 0 Å². The van der Waals surface area contributed by atoms with Gasteiger partial charge in [-0.3, -0.25) is 4.98 Å². The maximum Gasteiger partial charge on any atom is 0.138 e. The minimum atomic E-state index is -1.48. The highest BCUT2D eigenvalue weighted by Gasteiger charge is 2.44. The van der Waals surface area contributed by atoms with Crippen molar-refractivity contribution in [1.82, 2.24) is 9.97 Å². The number of aliphatic hydroxyl groups is 4. The molecule has 1 saturated heterocycles. The van der Waals surface area contributed by atoms with Gasteiger partial charge in [0, 0.05) is 23.7 Å². The largest absolute Gasteiger partial charge is 0.394 e. The highest BCUT2D eigenvalue weighted by molar-refractivity contribution is 7.99. The minimum absolute atomic E-state index is 0.379. The van der Waals surface area contributed by atoms with Gasteiger partial charge in [0.25, 0.3) is 0 Å². The lowest BCUT2D eigenvalue weighted by atomic mass is 9.87. The quantitative estimate of drug-likeness (QED) is 0.555. The average Bonchev–Trinajstić information content (AvgIpc) is 2.79. The molecule has 30 heavy (non-hydrogen) atoms. The topological polar surface area (TPSA) is 140 Å². The highest BCUT2D eigenvalue weighted by Crippen LogP contribution is 2.40. The molecule has 0 spiro atoms. The van der Waals surface area contributed by atoms with Crippen LogP contribution in [0.4, 0.5) is 0 Å². The van der Waals surface area contributed by atoms with E-state index in [1.54, 1.807) is 12.4 Å². The van der Waals surface area contributed by atoms with Crippen molar-refractivity contribution in [1.29, 1.82) is 5.26 Å². The lowest BCUT2D eigenvalue weighted by Gasteiger charge is -2.39. The van der Waals surface area contributed by atoms with E-state index in [4.69, 9.17) is 9.72 Å². The number of ether oxygens (including phenoxy) is 1. The van der Waals surface area contributed by atoms with E-state index in [1.165, 1.54) is 0 Å². The summed E-state index contributed by atoms with van der Waals surface area (Å²) in [6, 6.07) is 5.97. The molecule has 2 aromatic heterocycles. The molecule has 1 aliphatic carbocycles. The van der Waals surface area contributed by atoms with E-state index in [1.807, 2.05) is 12.1 Å². The molecule has 4 N–H and O–H groups in total. The molecule has 0 saturated carbocycles. The fraction of sp³-hybridized carbons (Fsp3) is 0.476. The van der Waals surface area contributed by atoms with E-state index in [2.05, 4.69) is 11.1 Å². The Labute approximate surface area is 178 Å². The third kappa shape index (κ3) is 3.83. The van der Waals surface area contributed by atoms with E-state index in [9.17, 15) is 25.7 Å². The van der Waals surface area contributed by atoms with Crippen molar-refractivity contribution < 1.29 is 25.2 Å². The number of aromatic nitrogens is 2. The number of nitriles is 1. The Morgan fingerprint density at radius 2 is 1.83 bits per heavy atom. The number of aryl methyl sites for hydroxylation is 1. The van der Waals surface area contributed by atoms with E-state index in [-0.39, 0.29) is 0 Å². The van der Waals surface area contributed by atoms with Gasteiger partial charge in [0.2, 0.25) is 0 Å². The molecule has 4 rings (SSSR count). The number of rotatable bonds is 4. The van der Waals surface area contributed by atoms with Crippen LogP contribution in [0.2, 0.25) is 0 Å². The van der Waals surface area contributed by atoms with Gasteiger partial charge in [0.15, 0.2) is 0 Å². The summed E-state index contributed by atoms with van der Waals surface area (Å²) in [5, 5.41) is 50.4. The number of hydrogen-bond acceptors (Lipinski definition) is 9. The number of nitrogens with zero attached hydrogens (tertiary/aromatic N) is 3. The molecule has 0 radical (unpaired) electrons. The Kier molecular flexibility index (Phi) is 6.34. The first kappa shape index (κ1) is 21.2. The number of pyridine rings is 2. The van der Waals surface area contributed by atoms with Gasteiger partial charge in [0.1, 0.15) is 40.9 Å². The standard InChI is InChI=1S/C21H23N3O5S/c22-9-13-16(11-5-7-23-8-6-11)12-3-1-2-4-14(12)24-20(13)30-21-19(28)18(27)17(26)15(10-25)29-21/h5-8,15,17-19,21,25-28H,1-4,10H2/t15-,17-,18+,19-,21+/m1/s1. The van der Waals surface area contributed by atoms with Crippen LogP contribution in [0.15, 0.2) is 29.6 Å². The van der Waals surface area contributed by atoms with E-state index >= 15 is 0 Å². The van der Waals surface area contributed by atoms with Crippen molar-refractivity contribution in [2.75, 3.05) is 6.61 Å². The van der Waals surface area contributed by atoms with Gasteiger partial charge in [-0.1, -0.05) is 11.8 Å². The third-order valence-electron chi connectivity index (χ3n) is 5.60. The Balaban J connectivity index is 1.78. The van der Waals surface area contributed by atoms with Crippen LogP contribution in [0, 0.1) is 11.3 Å². The predicted molar refractivity (Wildman–Crippen MR) is 108 cm³/mol. The molecule has 9 heteroatoms. The molecule has 8 nitrogen and oxygen atoms in total. The molecule has 1 fully saturated rings.